The van der Waals surface area contributed by atoms with E-state index in [1.54, 1.807) is 0 Å². The summed E-state index contributed by atoms with van der Waals surface area (Å²) in [5, 5.41) is 9.58. The smallest absolute Gasteiger partial charge is 0.255 e. The summed E-state index contributed by atoms with van der Waals surface area (Å²) in [5.41, 5.74) is 2.56. The molecule has 2 aliphatic rings. The predicted molar refractivity (Wildman–Crippen MR) is 88.5 cm³/mol. The van der Waals surface area contributed by atoms with Gasteiger partial charge < -0.3 is 10.2 Å². The van der Waals surface area contributed by atoms with Crippen molar-refractivity contribution in [2.45, 2.75) is 37.8 Å². The Hall–Kier alpha value is -2.63. The van der Waals surface area contributed by atoms with Gasteiger partial charge in [0, 0.05) is 30.6 Å². The van der Waals surface area contributed by atoms with Gasteiger partial charge >= 0.3 is 0 Å². The quantitative estimate of drug-likeness (QED) is 0.897. The number of aromatic nitrogens is 2. The Morgan fingerprint density at radius 1 is 1.33 bits per heavy atom. The van der Waals surface area contributed by atoms with Crippen molar-refractivity contribution in [3.63, 3.8) is 0 Å². The molecule has 24 heavy (non-hydrogen) atoms. The number of hydrogen-bond donors (Lipinski definition) is 2. The first-order chi connectivity index (χ1) is 11.6. The van der Waals surface area contributed by atoms with Crippen molar-refractivity contribution in [3.8, 4) is 0 Å². The average Bonchev–Trinajstić information content (AvgIpc) is 3.12. The van der Waals surface area contributed by atoms with Crippen LogP contribution >= 0.6 is 0 Å². The second-order valence-electron chi connectivity index (χ2n) is 6.65. The summed E-state index contributed by atoms with van der Waals surface area (Å²) < 4.78 is 0. The van der Waals surface area contributed by atoms with Crippen LogP contribution in [-0.4, -0.2) is 45.5 Å². The lowest BCUT2D eigenvalue weighted by Gasteiger charge is -2.17. The molecule has 2 fully saturated rings. The van der Waals surface area contributed by atoms with Crippen LogP contribution in [0.4, 0.5) is 0 Å². The molecule has 0 radical (unpaired) electrons. The average molecular weight is 324 g/mol. The van der Waals surface area contributed by atoms with Crippen LogP contribution < -0.4 is 5.32 Å². The van der Waals surface area contributed by atoms with Gasteiger partial charge in [0.05, 0.1) is 17.8 Å². The third kappa shape index (κ3) is 2.68. The van der Waals surface area contributed by atoms with Gasteiger partial charge in [-0.1, -0.05) is 30.3 Å². The number of nitrogens with zero attached hydrogens (tertiary/aromatic N) is 2. The maximum absolute atomic E-state index is 12.3. The molecule has 1 aliphatic heterocycles. The van der Waals surface area contributed by atoms with E-state index in [1.165, 1.54) is 11.8 Å². The van der Waals surface area contributed by atoms with Gasteiger partial charge in [0.2, 0.25) is 5.91 Å². The molecule has 0 bridgehead atoms. The highest BCUT2D eigenvalue weighted by molar-refractivity contribution is 5.95. The topological polar surface area (TPSA) is 78.1 Å². The lowest BCUT2D eigenvalue weighted by atomic mass is 10.1. The number of nitrogens with one attached hydrogen (secondary N) is 2. The van der Waals surface area contributed by atoms with E-state index in [-0.39, 0.29) is 23.9 Å². The Labute approximate surface area is 140 Å². The predicted octanol–water partition coefficient (Wildman–Crippen LogP) is 1.60. The number of carbonyl (C=O) groups is 2. The van der Waals surface area contributed by atoms with E-state index in [4.69, 9.17) is 0 Å². The van der Waals surface area contributed by atoms with Gasteiger partial charge in [0.15, 0.2) is 0 Å². The summed E-state index contributed by atoms with van der Waals surface area (Å²) in [6.07, 6.45) is 2.91. The highest BCUT2D eigenvalue weighted by Gasteiger charge is 2.48. The second kappa shape index (κ2) is 5.78. The Kier molecular flexibility index (Phi) is 3.59. The van der Waals surface area contributed by atoms with Crippen molar-refractivity contribution in [1.82, 2.24) is 20.4 Å². The Bertz CT molecular complexity index is 770. The van der Waals surface area contributed by atoms with Crippen molar-refractivity contribution in [3.05, 3.63) is 53.3 Å². The van der Waals surface area contributed by atoms with Crippen molar-refractivity contribution in [2.24, 2.45) is 0 Å². The van der Waals surface area contributed by atoms with Crippen LogP contribution in [0.2, 0.25) is 0 Å². The van der Waals surface area contributed by atoms with Gasteiger partial charge in [0.25, 0.3) is 5.91 Å². The molecule has 1 aliphatic carbocycles. The molecular formula is C18H20N4O2. The van der Waals surface area contributed by atoms with Crippen LogP contribution in [0.3, 0.4) is 0 Å². The van der Waals surface area contributed by atoms with Gasteiger partial charge in [-0.2, -0.15) is 5.10 Å². The fraction of sp³-hybridized carbons (Fsp3) is 0.389. The molecule has 1 saturated carbocycles. The molecule has 1 saturated heterocycles. The molecule has 1 aromatic heterocycles. The van der Waals surface area contributed by atoms with Crippen molar-refractivity contribution >= 4 is 11.8 Å². The normalized spacial score (nSPS) is 25.8. The molecule has 124 valence electrons. The number of likely N-dealkylation sites (tertiary alicyclic amines) is 1. The zero-order valence-corrected chi connectivity index (χ0v) is 13.5. The number of aryl methyl sites for hydroxylation is 1. The van der Waals surface area contributed by atoms with Crippen LogP contribution in [0.1, 0.15) is 40.4 Å². The molecule has 2 amide bonds. The van der Waals surface area contributed by atoms with Gasteiger partial charge in [-0.15, -0.1) is 0 Å². The number of H-pyrrole nitrogens is 1. The number of carbonyl (C=O) groups excluding carboxylic acids is 2. The maximum Gasteiger partial charge on any atom is 0.255 e. The van der Waals surface area contributed by atoms with Crippen LogP contribution in [-0.2, 0) is 4.79 Å². The first kappa shape index (κ1) is 14.9. The zero-order valence-electron chi connectivity index (χ0n) is 13.5. The second-order valence-corrected chi connectivity index (χ2v) is 6.65. The summed E-state index contributed by atoms with van der Waals surface area (Å²) in [6.45, 7) is 2.40. The number of hydrogen-bond acceptors (Lipinski definition) is 3. The highest BCUT2D eigenvalue weighted by Crippen LogP contribution is 2.45. The third-order valence-electron chi connectivity index (χ3n) is 4.95. The van der Waals surface area contributed by atoms with E-state index in [0.29, 0.717) is 24.4 Å². The van der Waals surface area contributed by atoms with Gasteiger partial charge in [-0.25, -0.2) is 0 Å². The van der Waals surface area contributed by atoms with E-state index in [0.717, 1.165) is 12.1 Å². The van der Waals surface area contributed by atoms with Crippen LogP contribution in [0.25, 0.3) is 0 Å². The van der Waals surface area contributed by atoms with Crippen molar-refractivity contribution in [1.29, 1.82) is 0 Å². The minimum absolute atomic E-state index is 0.128. The fourth-order valence-corrected chi connectivity index (χ4v) is 3.58. The largest absolute Gasteiger partial charge is 0.347 e. The minimum atomic E-state index is -0.170. The van der Waals surface area contributed by atoms with Gasteiger partial charge in [0.1, 0.15) is 0 Å². The van der Waals surface area contributed by atoms with Crippen LogP contribution in [0, 0.1) is 6.92 Å². The Balaban J connectivity index is 1.38. The lowest BCUT2D eigenvalue weighted by molar-refractivity contribution is -0.128. The number of rotatable bonds is 4. The summed E-state index contributed by atoms with van der Waals surface area (Å²) in [6, 6.07) is 10.5. The van der Waals surface area contributed by atoms with E-state index >= 15 is 0 Å². The van der Waals surface area contributed by atoms with E-state index < -0.39 is 0 Å². The first-order valence-corrected chi connectivity index (χ1v) is 8.28. The Morgan fingerprint density at radius 2 is 2.12 bits per heavy atom. The number of benzene rings is 1. The van der Waals surface area contributed by atoms with E-state index in [2.05, 4.69) is 27.6 Å². The van der Waals surface area contributed by atoms with Gasteiger partial charge in [-0.3, -0.25) is 14.7 Å². The lowest BCUT2D eigenvalue weighted by Crippen LogP contribution is -2.38. The third-order valence-corrected chi connectivity index (χ3v) is 4.95. The molecular weight excluding hydrogens is 304 g/mol. The molecule has 2 N–H and O–H groups in total. The van der Waals surface area contributed by atoms with Crippen molar-refractivity contribution in [2.75, 3.05) is 6.54 Å². The monoisotopic (exact) mass is 324 g/mol. The Morgan fingerprint density at radius 3 is 2.83 bits per heavy atom. The summed E-state index contributed by atoms with van der Waals surface area (Å²) in [4.78, 5) is 26.5. The summed E-state index contributed by atoms with van der Waals surface area (Å²) in [7, 11) is 0. The van der Waals surface area contributed by atoms with Crippen molar-refractivity contribution < 1.29 is 9.59 Å². The summed E-state index contributed by atoms with van der Waals surface area (Å²) >= 11 is 0. The highest BCUT2D eigenvalue weighted by atomic mass is 16.2. The first-order valence-electron chi connectivity index (χ1n) is 8.28. The SMILES string of the molecule is Cc1[nH]ncc1C(=O)N[C@@H]1CC(=O)N([C@H]2C[C@H]2c2ccccc2)C1. The summed E-state index contributed by atoms with van der Waals surface area (Å²) in [5.74, 6) is 0.393. The molecule has 2 heterocycles. The molecule has 6 heteroatoms. The number of amides is 2. The maximum atomic E-state index is 12.3. The van der Waals surface area contributed by atoms with Crippen LogP contribution in [0.15, 0.2) is 36.5 Å². The number of aromatic amines is 1. The van der Waals surface area contributed by atoms with Crippen LogP contribution in [0.5, 0.6) is 0 Å². The molecule has 3 atom stereocenters. The van der Waals surface area contributed by atoms with E-state index in [9.17, 15) is 9.59 Å². The molecule has 4 rings (SSSR count). The van der Waals surface area contributed by atoms with E-state index in [1.807, 2.05) is 30.0 Å². The molecule has 1 aromatic carbocycles. The fourth-order valence-electron chi connectivity index (χ4n) is 3.58. The molecule has 0 unspecified atom stereocenters. The molecule has 6 nitrogen and oxygen atoms in total. The molecule has 0 spiro atoms. The zero-order chi connectivity index (χ0) is 16.7. The standard InChI is InChI=1S/C18H20N4O2/c1-11-15(9-19-21-11)18(24)20-13-7-17(23)22(10-13)16-8-14(16)12-5-3-2-4-6-12/h2-6,9,13-14,16H,7-8,10H2,1H3,(H,19,21)(H,20,24)/t13-,14+,16+/m1/s1. The minimum Gasteiger partial charge on any atom is -0.347 e. The van der Waals surface area contributed by atoms with Gasteiger partial charge in [-0.05, 0) is 18.9 Å². The molecule has 2 aromatic rings.